The molecule has 0 unspecified atom stereocenters. The Balaban J connectivity index is 1.24. The fourth-order valence-corrected chi connectivity index (χ4v) is 4.16. The summed E-state index contributed by atoms with van der Waals surface area (Å²) in [7, 11) is 0. The van der Waals surface area contributed by atoms with E-state index in [0.29, 0.717) is 49.5 Å². The van der Waals surface area contributed by atoms with Crippen LogP contribution < -0.4 is 14.8 Å². The van der Waals surface area contributed by atoms with Crippen molar-refractivity contribution in [1.29, 1.82) is 0 Å². The second-order valence-corrected chi connectivity index (χ2v) is 8.26. The van der Waals surface area contributed by atoms with E-state index in [-0.39, 0.29) is 24.5 Å². The summed E-state index contributed by atoms with van der Waals surface area (Å²) in [4.78, 5) is 27.0. The molecule has 2 heterocycles. The zero-order valence-electron chi connectivity index (χ0n) is 16.0. The van der Waals surface area contributed by atoms with Crippen molar-refractivity contribution in [2.24, 2.45) is 5.92 Å². The number of halogens is 1. The Kier molecular flexibility index (Phi) is 6.04. The molecular weight excluding hydrogens is 436 g/mol. The number of carbonyl (C=O) groups is 2. The first-order valence-electron chi connectivity index (χ1n) is 9.81. The Morgan fingerprint density at radius 2 is 1.86 bits per heavy atom. The maximum Gasteiger partial charge on any atom is 0.231 e. The molecular formula is C22H23BrN2O4. The second kappa shape index (κ2) is 8.86. The zero-order valence-corrected chi connectivity index (χ0v) is 17.6. The minimum absolute atomic E-state index is 0.00917. The minimum Gasteiger partial charge on any atom is -0.454 e. The highest BCUT2D eigenvalue weighted by Crippen LogP contribution is 2.34. The molecule has 0 saturated carbocycles. The molecule has 6 nitrogen and oxygen atoms in total. The first-order chi connectivity index (χ1) is 14.1. The first-order valence-corrected chi connectivity index (χ1v) is 10.6. The van der Waals surface area contributed by atoms with Crippen molar-refractivity contribution in [3.8, 4) is 11.5 Å². The van der Waals surface area contributed by atoms with Crippen molar-refractivity contribution < 1.29 is 19.1 Å². The van der Waals surface area contributed by atoms with Crippen LogP contribution in [0.3, 0.4) is 0 Å². The van der Waals surface area contributed by atoms with E-state index in [1.54, 1.807) is 12.1 Å². The van der Waals surface area contributed by atoms with Crippen LogP contribution in [0.4, 0.5) is 5.69 Å². The van der Waals surface area contributed by atoms with Crippen LogP contribution in [-0.2, 0) is 16.0 Å². The fraction of sp³-hybridized carbons (Fsp3) is 0.364. The number of anilines is 1. The Morgan fingerprint density at radius 3 is 2.66 bits per heavy atom. The monoisotopic (exact) mass is 458 g/mol. The van der Waals surface area contributed by atoms with Crippen LogP contribution in [0.5, 0.6) is 11.5 Å². The Bertz CT molecular complexity index is 909. The van der Waals surface area contributed by atoms with Crippen molar-refractivity contribution in [2.75, 3.05) is 25.2 Å². The molecule has 2 aliphatic heterocycles. The van der Waals surface area contributed by atoms with Gasteiger partial charge in [0.15, 0.2) is 11.5 Å². The van der Waals surface area contributed by atoms with Crippen molar-refractivity contribution in [3.63, 3.8) is 0 Å². The summed E-state index contributed by atoms with van der Waals surface area (Å²) in [5.74, 6) is 1.39. The summed E-state index contributed by atoms with van der Waals surface area (Å²) in [6, 6.07) is 13.4. The maximum absolute atomic E-state index is 12.6. The lowest BCUT2D eigenvalue weighted by molar-refractivity contribution is -0.134. The predicted molar refractivity (Wildman–Crippen MR) is 113 cm³/mol. The molecule has 7 heteroatoms. The number of rotatable bonds is 5. The first kappa shape index (κ1) is 19.8. The number of likely N-dealkylation sites (tertiary alicyclic amines) is 1. The fourth-order valence-electron chi connectivity index (χ4n) is 3.71. The summed E-state index contributed by atoms with van der Waals surface area (Å²) in [5, 5.41) is 2.95. The second-order valence-electron chi connectivity index (χ2n) is 7.34. The van der Waals surface area contributed by atoms with Crippen molar-refractivity contribution in [3.05, 3.63) is 52.5 Å². The van der Waals surface area contributed by atoms with Crippen LogP contribution in [0.1, 0.15) is 24.8 Å². The number of fused-ring (bicyclic) bond motifs is 1. The van der Waals surface area contributed by atoms with Gasteiger partial charge in [-0.15, -0.1) is 0 Å². The third kappa shape index (κ3) is 4.90. The van der Waals surface area contributed by atoms with Gasteiger partial charge >= 0.3 is 0 Å². The lowest BCUT2D eigenvalue weighted by Crippen LogP contribution is -2.41. The van der Waals surface area contributed by atoms with Gasteiger partial charge in [0.2, 0.25) is 18.6 Å². The normalized spacial score (nSPS) is 16.0. The number of hydrogen-bond acceptors (Lipinski definition) is 4. The number of ether oxygens (including phenoxy) is 2. The van der Waals surface area contributed by atoms with Gasteiger partial charge in [0.1, 0.15) is 0 Å². The van der Waals surface area contributed by atoms with Crippen LogP contribution in [-0.4, -0.2) is 36.6 Å². The lowest BCUT2D eigenvalue weighted by Gasteiger charge is -2.31. The number of piperidine rings is 1. The molecule has 0 aromatic heterocycles. The van der Waals surface area contributed by atoms with Gasteiger partial charge < -0.3 is 19.7 Å². The largest absolute Gasteiger partial charge is 0.454 e. The summed E-state index contributed by atoms with van der Waals surface area (Å²) in [5.41, 5.74) is 1.84. The number of carbonyl (C=O) groups excluding carboxylic acids is 2. The van der Waals surface area contributed by atoms with E-state index in [1.165, 1.54) is 0 Å². The average Bonchev–Trinajstić information content (AvgIpc) is 3.20. The lowest BCUT2D eigenvalue weighted by atomic mass is 9.95. The molecule has 2 aliphatic rings. The molecule has 0 radical (unpaired) electrons. The van der Waals surface area contributed by atoms with Crippen molar-refractivity contribution >= 4 is 33.4 Å². The van der Waals surface area contributed by atoms with Gasteiger partial charge in [0, 0.05) is 41.7 Å². The standard InChI is InChI=1S/C22H23BrN2O4/c23-17-3-1-2-15(12-17)4-7-21(26)25-10-8-16(9-11-25)22(27)24-18-5-6-19-20(13-18)29-14-28-19/h1-3,5-6,12-13,16H,4,7-11,14H2,(H,24,27). The van der Waals surface area contributed by atoms with Gasteiger partial charge in [0.25, 0.3) is 0 Å². The highest BCUT2D eigenvalue weighted by atomic mass is 79.9. The Morgan fingerprint density at radius 1 is 1.07 bits per heavy atom. The molecule has 0 atom stereocenters. The van der Waals surface area contributed by atoms with Crippen LogP contribution in [0, 0.1) is 5.92 Å². The molecule has 1 fully saturated rings. The molecule has 0 bridgehead atoms. The molecule has 1 N–H and O–H groups in total. The molecule has 29 heavy (non-hydrogen) atoms. The van der Waals surface area contributed by atoms with Gasteiger partial charge in [0.05, 0.1) is 0 Å². The van der Waals surface area contributed by atoms with E-state index >= 15 is 0 Å². The van der Waals surface area contributed by atoms with Crippen molar-refractivity contribution in [2.45, 2.75) is 25.7 Å². The predicted octanol–water partition coefficient (Wildman–Crippen LogP) is 3.99. The Labute approximate surface area is 178 Å². The quantitative estimate of drug-likeness (QED) is 0.735. The van der Waals surface area contributed by atoms with Gasteiger partial charge in [-0.25, -0.2) is 0 Å². The average molecular weight is 459 g/mol. The van der Waals surface area contributed by atoms with E-state index in [2.05, 4.69) is 21.2 Å². The van der Waals surface area contributed by atoms with E-state index in [9.17, 15) is 9.59 Å². The SMILES string of the molecule is O=C(Nc1ccc2c(c1)OCO2)C1CCN(C(=O)CCc2cccc(Br)c2)CC1. The highest BCUT2D eigenvalue weighted by Gasteiger charge is 2.27. The van der Waals surface area contributed by atoms with E-state index in [0.717, 1.165) is 16.5 Å². The molecule has 0 aliphatic carbocycles. The van der Waals surface area contributed by atoms with Crippen LogP contribution in [0.2, 0.25) is 0 Å². The molecule has 1 saturated heterocycles. The minimum atomic E-state index is -0.0884. The topological polar surface area (TPSA) is 67.9 Å². The third-order valence-electron chi connectivity index (χ3n) is 5.38. The maximum atomic E-state index is 12.6. The van der Waals surface area contributed by atoms with Gasteiger partial charge in [-0.1, -0.05) is 28.1 Å². The number of hydrogen-bond donors (Lipinski definition) is 1. The van der Waals surface area contributed by atoms with E-state index in [1.807, 2.05) is 35.2 Å². The van der Waals surface area contributed by atoms with Crippen LogP contribution in [0.15, 0.2) is 46.9 Å². The molecule has 2 amide bonds. The van der Waals surface area contributed by atoms with Crippen molar-refractivity contribution in [1.82, 2.24) is 4.90 Å². The number of amides is 2. The summed E-state index contributed by atoms with van der Waals surface area (Å²) in [6.45, 7) is 1.45. The molecule has 2 aromatic rings. The van der Waals surface area contributed by atoms with Crippen LogP contribution in [0.25, 0.3) is 0 Å². The summed E-state index contributed by atoms with van der Waals surface area (Å²) < 4.78 is 11.7. The Hall–Kier alpha value is -2.54. The van der Waals surface area contributed by atoms with Gasteiger partial charge in [-0.2, -0.15) is 0 Å². The van der Waals surface area contributed by atoms with E-state index in [4.69, 9.17) is 9.47 Å². The summed E-state index contributed by atoms with van der Waals surface area (Å²) in [6.07, 6.45) is 2.57. The molecule has 0 spiro atoms. The highest BCUT2D eigenvalue weighted by molar-refractivity contribution is 9.10. The number of nitrogens with one attached hydrogen (secondary N) is 1. The van der Waals surface area contributed by atoms with Gasteiger partial charge in [-0.05, 0) is 49.1 Å². The molecule has 152 valence electrons. The number of aryl methyl sites for hydroxylation is 1. The van der Waals surface area contributed by atoms with Crippen LogP contribution >= 0.6 is 15.9 Å². The smallest absolute Gasteiger partial charge is 0.231 e. The third-order valence-corrected chi connectivity index (χ3v) is 5.87. The molecule has 2 aromatic carbocycles. The summed E-state index contributed by atoms with van der Waals surface area (Å²) >= 11 is 3.46. The van der Waals surface area contributed by atoms with E-state index < -0.39 is 0 Å². The number of nitrogens with zero attached hydrogens (tertiary/aromatic N) is 1. The van der Waals surface area contributed by atoms with Gasteiger partial charge in [-0.3, -0.25) is 9.59 Å². The zero-order chi connectivity index (χ0) is 20.2. The molecule has 4 rings (SSSR count). The number of benzene rings is 2.